The lowest BCUT2D eigenvalue weighted by atomic mass is 10.2. The highest BCUT2D eigenvalue weighted by atomic mass is 35.5. The van der Waals surface area contributed by atoms with E-state index in [0.717, 1.165) is 0 Å². The van der Waals surface area contributed by atoms with Gasteiger partial charge in [0.2, 0.25) is 5.91 Å². The van der Waals surface area contributed by atoms with Gasteiger partial charge >= 0.3 is 6.03 Å². The number of rotatable bonds is 6. The number of benzene rings is 1. The second-order valence-corrected chi connectivity index (χ2v) is 4.74. The predicted octanol–water partition coefficient (Wildman–Crippen LogP) is 2.32. The third-order valence-electron chi connectivity index (χ3n) is 2.48. The molecule has 0 atom stereocenters. The number of anilines is 2. The summed E-state index contributed by atoms with van der Waals surface area (Å²) in [5, 5.41) is 8.21. The largest absolute Gasteiger partial charge is 0.336 e. The quantitative estimate of drug-likeness (QED) is 0.648. The van der Waals surface area contributed by atoms with E-state index in [2.05, 4.69) is 16.0 Å². The normalized spacial score (nSPS) is 9.71. The molecule has 0 spiro atoms. The number of carbonyl (C=O) groups is 2. The highest BCUT2D eigenvalue weighted by Crippen LogP contribution is 2.21. The Balaban J connectivity index is 0.00000400. The van der Waals surface area contributed by atoms with E-state index in [0.29, 0.717) is 30.8 Å². The van der Waals surface area contributed by atoms with Gasteiger partial charge in [-0.1, -0.05) is 12.1 Å². The van der Waals surface area contributed by atoms with Crippen molar-refractivity contribution in [2.24, 2.45) is 5.73 Å². The zero-order valence-electron chi connectivity index (χ0n) is 12.3. The van der Waals surface area contributed by atoms with Crippen LogP contribution in [0.5, 0.6) is 0 Å². The SMILES string of the molecule is CC(C)NC(=O)Nc1ccccc1NC(=O)CCCN.Cl. The molecular formula is C14H23ClN4O2. The van der Waals surface area contributed by atoms with Crippen LogP contribution in [0.15, 0.2) is 24.3 Å². The van der Waals surface area contributed by atoms with Crippen molar-refractivity contribution in [2.75, 3.05) is 17.2 Å². The molecule has 0 aliphatic rings. The molecule has 118 valence electrons. The maximum absolute atomic E-state index is 11.7. The highest BCUT2D eigenvalue weighted by Gasteiger charge is 2.09. The number of hydrogen-bond acceptors (Lipinski definition) is 3. The number of nitrogens with two attached hydrogens (primary N) is 1. The fraction of sp³-hybridized carbons (Fsp3) is 0.429. The second kappa shape index (κ2) is 10.0. The molecule has 1 rings (SSSR count). The Bertz CT molecular complexity index is 466. The van der Waals surface area contributed by atoms with E-state index in [1.165, 1.54) is 0 Å². The Hall–Kier alpha value is -1.79. The lowest BCUT2D eigenvalue weighted by molar-refractivity contribution is -0.116. The van der Waals surface area contributed by atoms with Crippen LogP contribution < -0.4 is 21.7 Å². The fourth-order valence-electron chi connectivity index (χ4n) is 1.60. The minimum atomic E-state index is -0.302. The molecule has 1 aromatic carbocycles. The summed E-state index contributed by atoms with van der Waals surface area (Å²) < 4.78 is 0. The van der Waals surface area contributed by atoms with Crippen LogP contribution in [0.3, 0.4) is 0 Å². The molecular weight excluding hydrogens is 292 g/mol. The Morgan fingerprint density at radius 3 is 2.24 bits per heavy atom. The van der Waals surface area contributed by atoms with E-state index < -0.39 is 0 Å². The van der Waals surface area contributed by atoms with Gasteiger partial charge in [-0.2, -0.15) is 0 Å². The van der Waals surface area contributed by atoms with Crippen molar-refractivity contribution in [3.63, 3.8) is 0 Å². The van der Waals surface area contributed by atoms with E-state index in [9.17, 15) is 9.59 Å². The average molecular weight is 315 g/mol. The molecule has 0 unspecified atom stereocenters. The lowest BCUT2D eigenvalue weighted by Crippen LogP contribution is -2.34. The highest BCUT2D eigenvalue weighted by molar-refractivity contribution is 5.99. The minimum absolute atomic E-state index is 0. The van der Waals surface area contributed by atoms with Crippen LogP contribution in [0.4, 0.5) is 16.2 Å². The number of halogens is 1. The Kier molecular flexibility index (Phi) is 9.16. The third-order valence-corrected chi connectivity index (χ3v) is 2.48. The number of nitrogens with one attached hydrogen (secondary N) is 3. The molecule has 7 heteroatoms. The van der Waals surface area contributed by atoms with Gasteiger partial charge in [0.25, 0.3) is 0 Å². The number of hydrogen-bond donors (Lipinski definition) is 4. The standard InChI is InChI=1S/C14H22N4O2.ClH/c1-10(2)16-14(20)18-12-7-4-3-6-11(12)17-13(19)8-5-9-15;/h3-4,6-7,10H,5,8-9,15H2,1-2H3,(H,17,19)(H2,16,18,20);1H. The van der Waals surface area contributed by atoms with Gasteiger partial charge < -0.3 is 21.7 Å². The summed E-state index contributed by atoms with van der Waals surface area (Å²) in [5.41, 5.74) is 6.51. The summed E-state index contributed by atoms with van der Waals surface area (Å²) in [4.78, 5) is 23.4. The zero-order valence-corrected chi connectivity index (χ0v) is 13.1. The van der Waals surface area contributed by atoms with Gasteiger partial charge in [-0.3, -0.25) is 4.79 Å². The molecule has 0 saturated carbocycles. The molecule has 0 radical (unpaired) electrons. The van der Waals surface area contributed by atoms with Crippen LogP contribution >= 0.6 is 12.4 Å². The molecule has 0 aliphatic heterocycles. The van der Waals surface area contributed by atoms with Gasteiger partial charge in [0.05, 0.1) is 11.4 Å². The predicted molar refractivity (Wildman–Crippen MR) is 87.9 cm³/mol. The van der Waals surface area contributed by atoms with Crippen LogP contribution in [0.2, 0.25) is 0 Å². The maximum atomic E-state index is 11.7. The molecule has 1 aromatic rings. The van der Waals surface area contributed by atoms with Crippen molar-refractivity contribution in [3.05, 3.63) is 24.3 Å². The first-order valence-electron chi connectivity index (χ1n) is 6.69. The van der Waals surface area contributed by atoms with Crippen LogP contribution in [0, 0.1) is 0 Å². The summed E-state index contributed by atoms with van der Waals surface area (Å²) in [6.45, 7) is 4.23. The van der Waals surface area contributed by atoms with E-state index >= 15 is 0 Å². The number of urea groups is 1. The molecule has 3 amide bonds. The Morgan fingerprint density at radius 1 is 1.14 bits per heavy atom. The smallest absolute Gasteiger partial charge is 0.319 e. The van der Waals surface area contributed by atoms with E-state index in [1.807, 2.05) is 13.8 Å². The van der Waals surface area contributed by atoms with Crippen LogP contribution in [-0.4, -0.2) is 24.5 Å². The Morgan fingerprint density at radius 2 is 1.71 bits per heavy atom. The van der Waals surface area contributed by atoms with Crippen molar-refractivity contribution >= 4 is 35.7 Å². The van der Waals surface area contributed by atoms with Gasteiger partial charge in [-0.05, 0) is 38.9 Å². The first-order valence-corrected chi connectivity index (χ1v) is 6.69. The van der Waals surface area contributed by atoms with Crippen molar-refractivity contribution in [1.82, 2.24) is 5.32 Å². The van der Waals surface area contributed by atoms with Gasteiger partial charge in [-0.15, -0.1) is 12.4 Å². The van der Waals surface area contributed by atoms with Crippen molar-refractivity contribution in [3.8, 4) is 0 Å². The summed E-state index contributed by atoms with van der Waals surface area (Å²) >= 11 is 0. The van der Waals surface area contributed by atoms with Crippen molar-refractivity contribution < 1.29 is 9.59 Å². The second-order valence-electron chi connectivity index (χ2n) is 4.74. The Labute approximate surface area is 131 Å². The number of carbonyl (C=O) groups excluding carboxylic acids is 2. The molecule has 0 aliphatic carbocycles. The zero-order chi connectivity index (χ0) is 15.0. The van der Waals surface area contributed by atoms with Crippen LogP contribution in [0.1, 0.15) is 26.7 Å². The molecule has 6 nitrogen and oxygen atoms in total. The average Bonchev–Trinajstić information content (AvgIpc) is 2.37. The molecule has 0 saturated heterocycles. The van der Waals surface area contributed by atoms with Gasteiger partial charge in [0.1, 0.15) is 0 Å². The fourth-order valence-corrected chi connectivity index (χ4v) is 1.60. The summed E-state index contributed by atoms with van der Waals surface area (Å²) in [6.07, 6.45) is 0.998. The maximum Gasteiger partial charge on any atom is 0.319 e. The van der Waals surface area contributed by atoms with Crippen molar-refractivity contribution in [1.29, 1.82) is 0 Å². The molecule has 5 N–H and O–H groups in total. The molecule has 0 bridgehead atoms. The van der Waals surface area contributed by atoms with Crippen LogP contribution in [-0.2, 0) is 4.79 Å². The third kappa shape index (κ3) is 7.53. The lowest BCUT2D eigenvalue weighted by Gasteiger charge is -2.14. The first-order chi connectivity index (χ1) is 9.52. The van der Waals surface area contributed by atoms with Crippen molar-refractivity contribution in [2.45, 2.75) is 32.7 Å². The molecule has 0 heterocycles. The first kappa shape index (κ1) is 19.2. The van der Waals surface area contributed by atoms with Crippen LogP contribution in [0.25, 0.3) is 0 Å². The summed E-state index contributed by atoms with van der Waals surface area (Å²) in [6, 6.07) is 6.80. The number of amides is 3. The topological polar surface area (TPSA) is 96.2 Å². The monoisotopic (exact) mass is 314 g/mol. The van der Waals surface area contributed by atoms with E-state index in [4.69, 9.17) is 5.73 Å². The van der Waals surface area contributed by atoms with Gasteiger partial charge in [-0.25, -0.2) is 4.79 Å². The number of para-hydroxylation sites is 2. The van der Waals surface area contributed by atoms with Gasteiger partial charge in [0, 0.05) is 12.5 Å². The summed E-state index contributed by atoms with van der Waals surface area (Å²) in [7, 11) is 0. The molecule has 0 aromatic heterocycles. The van der Waals surface area contributed by atoms with E-state index in [1.54, 1.807) is 24.3 Å². The molecule has 0 fully saturated rings. The minimum Gasteiger partial charge on any atom is -0.336 e. The van der Waals surface area contributed by atoms with E-state index in [-0.39, 0.29) is 30.4 Å². The summed E-state index contributed by atoms with van der Waals surface area (Å²) in [5.74, 6) is -0.117. The van der Waals surface area contributed by atoms with Gasteiger partial charge in [0.15, 0.2) is 0 Å². The molecule has 21 heavy (non-hydrogen) atoms.